The predicted molar refractivity (Wildman–Crippen MR) is 146 cm³/mol. The molecule has 0 saturated carbocycles. The number of nitrogens with two attached hydrogens (primary N) is 2. The largest absolute Gasteiger partial charge is 0.464 e. The minimum absolute atomic E-state index is 0.0822. The van der Waals surface area contributed by atoms with E-state index in [2.05, 4.69) is 19.9 Å². The number of anilines is 2. The Morgan fingerprint density at radius 1 is 1.12 bits per heavy atom. The first kappa shape index (κ1) is 29.4. The normalized spacial score (nSPS) is 18.1. The summed E-state index contributed by atoms with van der Waals surface area (Å²) in [5.74, 6) is -1.71. The van der Waals surface area contributed by atoms with Gasteiger partial charge in [0.15, 0.2) is 29.8 Å². The molecule has 4 heterocycles. The van der Waals surface area contributed by atoms with E-state index in [-0.39, 0.29) is 49.1 Å². The van der Waals surface area contributed by atoms with Crippen molar-refractivity contribution in [2.45, 2.75) is 44.4 Å². The van der Waals surface area contributed by atoms with Crippen LogP contribution in [0.25, 0.3) is 22.4 Å². The molecule has 15 heteroatoms. The number of imidazole rings is 1. The van der Waals surface area contributed by atoms with Crippen molar-refractivity contribution in [3.05, 3.63) is 54.2 Å². The topological polar surface area (TPSA) is 150 Å². The van der Waals surface area contributed by atoms with Crippen LogP contribution in [0.15, 0.2) is 37.1 Å². The van der Waals surface area contributed by atoms with Crippen LogP contribution < -0.4 is 21.1 Å². The molecule has 5 N–H and O–H groups in total. The summed E-state index contributed by atoms with van der Waals surface area (Å²) in [5.41, 5.74) is 12.5. The quantitative estimate of drug-likeness (QED) is 0.143. The molecule has 0 amide bonds. The van der Waals surface area contributed by atoms with Crippen LogP contribution in [0.2, 0.25) is 0 Å². The van der Waals surface area contributed by atoms with E-state index in [1.807, 2.05) is 0 Å². The number of alkyl halides is 2. The highest BCUT2D eigenvalue weighted by molar-refractivity contribution is 5.81. The molecule has 0 bridgehead atoms. The van der Waals surface area contributed by atoms with Crippen LogP contribution in [0.4, 0.5) is 29.1 Å². The Hall–Kier alpha value is -4.08. The third-order valence-corrected chi connectivity index (χ3v) is 7.26. The van der Waals surface area contributed by atoms with Crippen LogP contribution in [0.1, 0.15) is 25.3 Å². The number of pyridine rings is 1. The number of aliphatic hydroxyl groups excluding tert-OH is 1. The lowest BCUT2D eigenvalue weighted by molar-refractivity contribution is -0.0529. The average Bonchev–Trinajstić information content (AvgIpc) is 3.38. The number of benzene rings is 1. The molecular formula is C27H30F4N8O3. The van der Waals surface area contributed by atoms with E-state index in [1.54, 1.807) is 22.5 Å². The van der Waals surface area contributed by atoms with Crippen LogP contribution in [0.3, 0.4) is 0 Å². The van der Waals surface area contributed by atoms with Crippen molar-refractivity contribution in [3.63, 3.8) is 0 Å². The van der Waals surface area contributed by atoms with Gasteiger partial charge < -0.3 is 35.5 Å². The highest BCUT2D eigenvalue weighted by atomic mass is 19.3. The van der Waals surface area contributed by atoms with Gasteiger partial charge in [0, 0.05) is 31.3 Å². The first-order chi connectivity index (χ1) is 20.1. The summed E-state index contributed by atoms with van der Waals surface area (Å²) in [6.07, 6.45) is -0.174. The Balaban J connectivity index is 1.56. The van der Waals surface area contributed by atoms with Crippen LogP contribution in [-0.2, 0) is 11.3 Å². The maximum atomic E-state index is 15.2. The molecular weight excluding hydrogens is 560 g/mol. The van der Waals surface area contributed by atoms with E-state index in [9.17, 15) is 18.3 Å². The summed E-state index contributed by atoms with van der Waals surface area (Å²) in [4.78, 5) is 18.6. The SMILES string of the molecule is CCOCOc1cc(F)c(-c2cc(Cn3cnc4c(N)ncnc43)c(N3CCC[C@](N)([C@H](O)C(F)F)C3)cn2)cc1F. The molecule has 1 aliphatic rings. The lowest BCUT2D eigenvalue weighted by Crippen LogP contribution is -2.63. The molecule has 0 spiro atoms. The van der Waals surface area contributed by atoms with Crippen LogP contribution in [-0.4, -0.2) is 74.2 Å². The molecule has 3 aromatic heterocycles. The molecule has 1 saturated heterocycles. The van der Waals surface area contributed by atoms with Gasteiger partial charge in [-0.3, -0.25) is 4.98 Å². The van der Waals surface area contributed by atoms with Crippen molar-refractivity contribution in [2.24, 2.45) is 5.73 Å². The Morgan fingerprint density at radius 2 is 1.93 bits per heavy atom. The minimum Gasteiger partial charge on any atom is -0.464 e. The monoisotopic (exact) mass is 590 g/mol. The molecule has 1 aromatic carbocycles. The number of ether oxygens (including phenoxy) is 2. The molecule has 224 valence electrons. The molecule has 1 aliphatic heterocycles. The van der Waals surface area contributed by atoms with Gasteiger partial charge in [-0.2, -0.15) is 0 Å². The van der Waals surface area contributed by atoms with Gasteiger partial charge in [0.25, 0.3) is 6.43 Å². The maximum absolute atomic E-state index is 15.2. The maximum Gasteiger partial charge on any atom is 0.265 e. The van der Waals surface area contributed by atoms with Crippen molar-refractivity contribution < 1.29 is 32.1 Å². The standard InChI is InChI=1S/C27H30F4N8O3/c1-2-41-14-42-21-8-17(28)16(7-18(21)29)19-6-15(10-39-13-37-22-25(32)35-12-36-26(22)39)20(9-34-19)38-5-3-4-27(33,11-38)23(40)24(30)31/h6-9,12-13,23-24,40H,2-5,10-11,14,33H2,1H3,(H2,32,35,36)/t23-,27-/m1/s1. The summed E-state index contributed by atoms with van der Waals surface area (Å²) in [6, 6.07) is 3.47. The van der Waals surface area contributed by atoms with Crippen LogP contribution in [0, 0.1) is 11.6 Å². The van der Waals surface area contributed by atoms with Crippen molar-refractivity contribution in [2.75, 3.05) is 37.1 Å². The van der Waals surface area contributed by atoms with Crippen molar-refractivity contribution in [1.29, 1.82) is 0 Å². The molecule has 0 unspecified atom stereocenters. The number of piperidine rings is 1. The average molecular weight is 591 g/mol. The van der Waals surface area contributed by atoms with Gasteiger partial charge >= 0.3 is 0 Å². The molecule has 4 aromatic rings. The molecule has 5 rings (SSSR count). The predicted octanol–water partition coefficient (Wildman–Crippen LogP) is 3.09. The van der Waals surface area contributed by atoms with E-state index in [4.69, 9.17) is 20.9 Å². The van der Waals surface area contributed by atoms with Gasteiger partial charge in [-0.15, -0.1) is 0 Å². The first-order valence-electron chi connectivity index (χ1n) is 13.2. The van der Waals surface area contributed by atoms with Crippen LogP contribution >= 0.6 is 0 Å². The summed E-state index contributed by atoms with van der Waals surface area (Å²) < 4.78 is 68.8. The van der Waals surface area contributed by atoms with E-state index in [1.165, 1.54) is 18.9 Å². The first-order valence-corrected chi connectivity index (χ1v) is 13.2. The van der Waals surface area contributed by atoms with Gasteiger partial charge in [-0.05, 0) is 37.5 Å². The van der Waals surface area contributed by atoms with Crippen LogP contribution in [0.5, 0.6) is 5.75 Å². The highest BCUT2D eigenvalue weighted by Gasteiger charge is 2.43. The molecule has 42 heavy (non-hydrogen) atoms. The Labute approximate surface area is 238 Å². The molecule has 1 fully saturated rings. The number of rotatable bonds is 10. The lowest BCUT2D eigenvalue weighted by Gasteiger charge is -2.44. The summed E-state index contributed by atoms with van der Waals surface area (Å²) >= 11 is 0. The van der Waals surface area contributed by atoms with Crippen molar-refractivity contribution >= 4 is 22.7 Å². The second kappa shape index (κ2) is 12.0. The zero-order chi connectivity index (χ0) is 30.0. The van der Waals surface area contributed by atoms with Gasteiger partial charge in [-0.1, -0.05) is 0 Å². The van der Waals surface area contributed by atoms with Gasteiger partial charge in [0.2, 0.25) is 0 Å². The Morgan fingerprint density at radius 3 is 2.69 bits per heavy atom. The highest BCUT2D eigenvalue weighted by Crippen LogP contribution is 2.35. The number of fused-ring (bicyclic) bond motifs is 1. The summed E-state index contributed by atoms with van der Waals surface area (Å²) in [5, 5.41) is 10.2. The molecule has 2 atom stereocenters. The van der Waals surface area contributed by atoms with Crippen molar-refractivity contribution in [1.82, 2.24) is 24.5 Å². The summed E-state index contributed by atoms with van der Waals surface area (Å²) in [6.45, 7) is 2.33. The van der Waals surface area contributed by atoms with E-state index < -0.39 is 29.7 Å². The second-order valence-corrected chi connectivity index (χ2v) is 10.1. The summed E-state index contributed by atoms with van der Waals surface area (Å²) in [7, 11) is 0. The third-order valence-electron chi connectivity index (χ3n) is 7.26. The Bertz CT molecular complexity index is 1570. The molecule has 11 nitrogen and oxygen atoms in total. The van der Waals surface area contributed by atoms with E-state index >= 15 is 4.39 Å². The second-order valence-electron chi connectivity index (χ2n) is 10.1. The number of hydrogen-bond acceptors (Lipinski definition) is 10. The minimum atomic E-state index is -3.02. The fraction of sp³-hybridized carbons (Fsp3) is 0.407. The third kappa shape index (κ3) is 5.80. The van der Waals surface area contributed by atoms with E-state index in [0.717, 1.165) is 12.1 Å². The smallest absolute Gasteiger partial charge is 0.265 e. The fourth-order valence-electron chi connectivity index (χ4n) is 5.08. The van der Waals surface area contributed by atoms with Gasteiger partial charge in [-0.25, -0.2) is 32.5 Å². The fourth-order valence-corrected chi connectivity index (χ4v) is 5.08. The van der Waals surface area contributed by atoms with Gasteiger partial charge in [0.05, 0.1) is 36.0 Å². The number of aromatic nitrogens is 5. The number of hydrogen-bond donors (Lipinski definition) is 3. The zero-order valence-electron chi connectivity index (χ0n) is 22.7. The van der Waals surface area contributed by atoms with Crippen molar-refractivity contribution in [3.8, 4) is 17.0 Å². The number of aliphatic hydroxyl groups is 1. The number of nitrogen functional groups attached to an aromatic ring is 1. The zero-order valence-corrected chi connectivity index (χ0v) is 22.7. The molecule has 0 radical (unpaired) electrons. The molecule has 0 aliphatic carbocycles. The number of nitrogens with zero attached hydrogens (tertiary/aromatic N) is 6. The number of halogens is 4. The van der Waals surface area contributed by atoms with Gasteiger partial charge in [0.1, 0.15) is 23.8 Å². The Kier molecular flexibility index (Phi) is 8.43. The van der Waals surface area contributed by atoms with E-state index in [0.29, 0.717) is 42.0 Å². The lowest BCUT2D eigenvalue weighted by atomic mass is 9.84.